The largest absolute Gasteiger partial charge is 0.0654 e. The highest BCUT2D eigenvalue weighted by Gasteiger charge is 2.34. The number of rotatable bonds is 21. The maximum absolute atomic E-state index is 2.39. The standard InChI is InChI=1S/C25H54P/c1-5-9-13-14-15-16-17-18-19-20-21-25-26(22-10-6-2,23-11-7-3)24-12-8-4/h5-25H2,1-4H3/q+1. The number of hydrogen-bond acceptors (Lipinski definition) is 0. The van der Waals surface area contributed by atoms with E-state index < -0.39 is 7.26 Å². The van der Waals surface area contributed by atoms with Crippen LogP contribution in [-0.2, 0) is 0 Å². The molecule has 0 atom stereocenters. The van der Waals surface area contributed by atoms with Gasteiger partial charge < -0.3 is 0 Å². The lowest BCUT2D eigenvalue weighted by atomic mass is 10.1. The van der Waals surface area contributed by atoms with Gasteiger partial charge in [0, 0.05) is 7.26 Å². The summed E-state index contributed by atoms with van der Waals surface area (Å²) in [5, 5.41) is 0. The Kier molecular flexibility index (Phi) is 20.5. The van der Waals surface area contributed by atoms with Gasteiger partial charge in [-0.15, -0.1) is 0 Å². The van der Waals surface area contributed by atoms with Crippen molar-refractivity contribution in [3.05, 3.63) is 0 Å². The summed E-state index contributed by atoms with van der Waals surface area (Å²) in [4.78, 5) is 0. The van der Waals surface area contributed by atoms with Gasteiger partial charge >= 0.3 is 0 Å². The first-order valence-electron chi connectivity index (χ1n) is 12.6. The molecule has 1 heteroatoms. The van der Waals surface area contributed by atoms with Crippen LogP contribution < -0.4 is 0 Å². The van der Waals surface area contributed by atoms with Crippen molar-refractivity contribution >= 4 is 7.26 Å². The van der Waals surface area contributed by atoms with Crippen molar-refractivity contribution in [1.29, 1.82) is 0 Å². The Balaban J connectivity index is 3.95. The molecule has 158 valence electrons. The van der Waals surface area contributed by atoms with Gasteiger partial charge in [0.1, 0.15) is 0 Å². The molecule has 0 aromatic carbocycles. The van der Waals surface area contributed by atoms with Gasteiger partial charge in [-0.2, -0.15) is 0 Å². The molecule has 0 unspecified atom stereocenters. The Morgan fingerprint density at radius 2 is 0.577 bits per heavy atom. The van der Waals surface area contributed by atoms with E-state index in [1.807, 2.05) is 0 Å². The zero-order chi connectivity index (χ0) is 19.3. The topological polar surface area (TPSA) is 0 Å². The highest BCUT2D eigenvalue weighted by Crippen LogP contribution is 2.61. The van der Waals surface area contributed by atoms with Crippen LogP contribution in [0.2, 0.25) is 0 Å². The Labute approximate surface area is 169 Å². The van der Waals surface area contributed by atoms with Crippen LogP contribution in [0.15, 0.2) is 0 Å². The Morgan fingerprint density at radius 3 is 0.923 bits per heavy atom. The molecule has 0 aromatic heterocycles. The first-order valence-corrected chi connectivity index (χ1v) is 15.1. The van der Waals surface area contributed by atoms with Gasteiger partial charge in [-0.3, -0.25) is 0 Å². The van der Waals surface area contributed by atoms with E-state index in [9.17, 15) is 0 Å². The van der Waals surface area contributed by atoms with Crippen LogP contribution in [0.25, 0.3) is 0 Å². The van der Waals surface area contributed by atoms with Crippen molar-refractivity contribution < 1.29 is 0 Å². The van der Waals surface area contributed by atoms with Gasteiger partial charge in [-0.05, 0) is 32.1 Å². The van der Waals surface area contributed by atoms with Crippen molar-refractivity contribution in [2.45, 2.75) is 137 Å². The van der Waals surface area contributed by atoms with Gasteiger partial charge in [-0.1, -0.05) is 105 Å². The molecular weight excluding hydrogens is 331 g/mol. The predicted molar refractivity (Wildman–Crippen MR) is 128 cm³/mol. The molecule has 0 heterocycles. The van der Waals surface area contributed by atoms with Crippen molar-refractivity contribution in [3.63, 3.8) is 0 Å². The number of unbranched alkanes of at least 4 members (excludes halogenated alkanes) is 13. The van der Waals surface area contributed by atoms with Gasteiger partial charge in [-0.25, -0.2) is 0 Å². The molecule has 0 saturated carbocycles. The molecule has 0 fully saturated rings. The lowest BCUT2D eigenvalue weighted by Crippen LogP contribution is -2.13. The molecule has 0 aromatic rings. The predicted octanol–water partition coefficient (Wildman–Crippen LogP) is 9.72. The monoisotopic (exact) mass is 385 g/mol. The molecular formula is C25H54P+. The average molecular weight is 386 g/mol. The maximum Gasteiger partial charge on any atom is 0.0594 e. The van der Waals surface area contributed by atoms with Gasteiger partial charge in [0.25, 0.3) is 0 Å². The fourth-order valence-corrected chi connectivity index (χ4v) is 9.46. The molecule has 0 aliphatic heterocycles. The van der Waals surface area contributed by atoms with E-state index in [1.54, 1.807) is 31.1 Å². The maximum atomic E-state index is 2.39. The molecule has 0 aliphatic carbocycles. The van der Waals surface area contributed by atoms with E-state index in [2.05, 4.69) is 27.7 Å². The second-order valence-corrected chi connectivity index (χ2v) is 13.3. The summed E-state index contributed by atoms with van der Waals surface area (Å²) in [5.41, 5.74) is 0. The first-order chi connectivity index (χ1) is 12.7. The zero-order valence-electron chi connectivity index (χ0n) is 19.3. The SMILES string of the molecule is CCCCCCCCCCCCC[P+](CCCC)(CCCC)CCCC. The van der Waals surface area contributed by atoms with E-state index in [0.29, 0.717) is 0 Å². The molecule has 0 spiro atoms. The average Bonchev–Trinajstić information content (AvgIpc) is 2.66. The molecule has 26 heavy (non-hydrogen) atoms. The van der Waals surface area contributed by atoms with E-state index in [-0.39, 0.29) is 0 Å². The van der Waals surface area contributed by atoms with E-state index >= 15 is 0 Å². The Morgan fingerprint density at radius 1 is 0.308 bits per heavy atom. The highest BCUT2D eigenvalue weighted by molar-refractivity contribution is 7.75. The van der Waals surface area contributed by atoms with Gasteiger partial charge in [0.05, 0.1) is 24.6 Å². The zero-order valence-corrected chi connectivity index (χ0v) is 20.2. The summed E-state index contributed by atoms with van der Waals surface area (Å²) >= 11 is 0. The molecule has 0 bridgehead atoms. The second-order valence-electron chi connectivity index (χ2n) is 8.83. The van der Waals surface area contributed by atoms with E-state index in [0.717, 1.165) is 0 Å². The molecule has 0 aliphatic rings. The Hall–Kier alpha value is 0.430. The molecule has 0 saturated heterocycles. The molecule has 0 amide bonds. The lowest BCUT2D eigenvalue weighted by molar-refractivity contribution is 0.554. The summed E-state index contributed by atoms with van der Waals surface area (Å²) in [6.07, 6.45) is 31.5. The first kappa shape index (κ1) is 26.4. The normalized spacial score (nSPS) is 12.0. The minimum atomic E-state index is -0.623. The molecule has 0 N–H and O–H groups in total. The fraction of sp³-hybridized carbons (Fsp3) is 1.00. The summed E-state index contributed by atoms with van der Waals surface area (Å²) in [5.74, 6) is 0. The summed E-state index contributed by atoms with van der Waals surface area (Å²) in [7, 11) is -0.623. The minimum absolute atomic E-state index is 0.623. The minimum Gasteiger partial charge on any atom is -0.0654 e. The third-order valence-electron chi connectivity index (χ3n) is 6.19. The van der Waals surface area contributed by atoms with Crippen LogP contribution in [0.4, 0.5) is 0 Å². The smallest absolute Gasteiger partial charge is 0.0594 e. The van der Waals surface area contributed by atoms with Crippen molar-refractivity contribution in [2.24, 2.45) is 0 Å². The van der Waals surface area contributed by atoms with Gasteiger partial charge in [0.2, 0.25) is 0 Å². The second kappa shape index (κ2) is 20.2. The number of hydrogen-bond donors (Lipinski definition) is 0. The van der Waals surface area contributed by atoms with E-state index in [1.165, 1.54) is 103 Å². The van der Waals surface area contributed by atoms with Crippen LogP contribution >= 0.6 is 7.26 Å². The van der Waals surface area contributed by atoms with Crippen molar-refractivity contribution in [1.82, 2.24) is 0 Å². The summed E-state index contributed by atoms with van der Waals surface area (Å²) in [6.45, 7) is 9.47. The lowest BCUT2D eigenvalue weighted by Gasteiger charge is -2.28. The van der Waals surface area contributed by atoms with Crippen LogP contribution in [0, 0.1) is 0 Å². The third-order valence-corrected chi connectivity index (χ3v) is 11.3. The van der Waals surface area contributed by atoms with Crippen molar-refractivity contribution in [2.75, 3.05) is 24.6 Å². The quantitative estimate of drug-likeness (QED) is 0.136. The molecule has 0 rings (SSSR count). The van der Waals surface area contributed by atoms with Gasteiger partial charge in [0.15, 0.2) is 0 Å². The third kappa shape index (κ3) is 15.5. The summed E-state index contributed by atoms with van der Waals surface area (Å²) < 4.78 is 0. The van der Waals surface area contributed by atoms with Crippen LogP contribution in [0.3, 0.4) is 0 Å². The molecule has 0 radical (unpaired) electrons. The highest BCUT2D eigenvalue weighted by atomic mass is 31.2. The van der Waals surface area contributed by atoms with Crippen LogP contribution in [0.5, 0.6) is 0 Å². The van der Waals surface area contributed by atoms with Crippen molar-refractivity contribution in [3.8, 4) is 0 Å². The molecule has 0 nitrogen and oxygen atoms in total. The Bertz CT molecular complexity index is 239. The van der Waals surface area contributed by atoms with Crippen LogP contribution in [-0.4, -0.2) is 24.6 Å². The summed E-state index contributed by atoms with van der Waals surface area (Å²) in [6, 6.07) is 0. The van der Waals surface area contributed by atoms with E-state index in [4.69, 9.17) is 0 Å². The van der Waals surface area contributed by atoms with Crippen LogP contribution in [0.1, 0.15) is 137 Å². The fourth-order valence-electron chi connectivity index (χ4n) is 4.26.